The zero-order chi connectivity index (χ0) is 11.3. The number of nitrogens with one attached hydrogen (secondary N) is 2. The molecule has 5 heteroatoms. The molecule has 0 saturated carbocycles. The molecule has 0 aromatic heterocycles. The van der Waals surface area contributed by atoms with Gasteiger partial charge in [0.05, 0.1) is 6.54 Å². The summed E-state index contributed by atoms with van der Waals surface area (Å²) in [5.41, 5.74) is 0. The molecule has 0 aromatic carbocycles. The summed E-state index contributed by atoms with van der Waals surface area (Å²) < 4.78 is 0. The molecule has 0 atom stereocenters. The van der Waals surface area contributed by atoms with Crippen molar-refractivity contribution < 1.29 is 9.59 Å². The predicted octanol–water partition coefficient (Wildman–Crippen LogP) is -0.810. The van der Waals surface area contributed by atoms with Crippen LogP contribution in [0.2, 0.25) is 0 Å². The van der Waals surface area contributed by atoms with E-state index in [2.05, 4.69) is 10.6 Å². The number of hydrogen-bond donors (Lipinski definition) is 2. The summed E-state index contributed by atoms with van der Waals surface area (Å²) in [6.07, 6.45) is 0.524. The van der Waals surface area contributed by atoms with Crippen LogP contribution < -0.4 is 10.6 Å². The predicted molar refractivity (Wildman–Crippen MR) is 57.3 cm³/mol. The van der Waals surface area contributed by atoms with Gasteiger partial charge in [0, 0.05) is 20.0 Å². The number of rotatable bonds is 5. The molecule has 0 bridgehead atoms. The van der Waals surface area contributed by atoms with E-state index in [0.29, 0.717) is 18.9 Å². The summed E-state index contributed by atoms with van der Waals surface area (Å²) in [6.45, 7) is 4.51. The first-order chi connectivity index (χ1) is 7.13. The van der Waals surface area contributed by atoms with Crippen molar-refractivity contribution in [3.05, 3.63) is 0 Å². The zero-order valence-corrected chi connectivity index (χ0v) is 9.38. The minimum absolute atomic E-state index is 0.0284. The first-order valence-corrected chi connectivity index (χ1v) is 5.34. The van der Waals surface area contributed by atoms with Crippen molar-refractivity contribution >= 4 is 11.8 Å². The highest BCUT2D eigenvalue weighted by Gasteiger charge is 2.20. The second kappa shape index (κ2) is 5.70. The molecule has 2 amide bonds. The van der Waals surface area contributed by atoms with Crippen LogP contribution in [-0.2, 0) is 9.59 Å². The molecular formula is C10H19N3O2. The van der Waals surface area contributed by atoms with Gasteiger partial charge in [-0.3, -0.25) is 9.59 Å². The van der Waals surface area contributed by atoms with E-state index in [9.17, 15) is 9.59 Å². The van der Waals surface area contributed by atoms with E-state index in [1.54, 1.807) is 11.9 Å². The lowest BCUT2D eigenvalue weighted by atomic mass is 9.99. The van der Waals surface area contributed by atoms with Crippen LogP contribution in [0.15, 0.2) is 0 Å². The third kappa shape index (κ3) is 3.87. The zero-order valence-electron chi connectivity index (χ0n) is 9.38. The topological polar surface area (TPSA) is 61.4 Å². The Morgan fingerprint density at radius 1 is 1.47 bits per heavy atom. The first kappa shape index (κ1) is 12.0. The molecule has 0 spiro atoms. The number of likely N-dealkylation sites (N-methyl/N-ethyl adjacent to an activating group) is 1. The van der Waals surface area contributed by atoms with E-state index in [1.165, 1.54) is 0 Å². The smallest absolute Gasteiger partial charge is 0.241 e. The van der Waals surface area contributed by atoms with Gasteiger partial charge in [-0.25, -0.2) is 0 Å². The number of carbonyl (C=O) groups is 2. The molecule has 1 heterocycles. The Morgan fingerprint density at radius 3 is 2.60 bits per heavy atom. The van der Waals surface area contributed by atoms with Crippen LogP contribution in [0.3, 0.4) is 0 Å². The highest BCUT2D eigenvalue weighted by atomic mass is 16.2. The average Bonchev–Trinajstić information content (AvgIpc) is 2.18. The number of carbonyl (C=O) groups excluding carboxylic acids is 2. The van der Waals surface area contributed by atoms with Crippen LogP contribution in [0.1, 0.15) is 13.3 Å². The Hall–Kier alpha value is -1.10. The monoisotopic (exact) mass is 213 g/mol. The van der Waals surface area contributed by atoms with Gasteiger partial charge in [0.2, 0.25) is 11.8 Å². The molecule has 0 aromatic rings. The minimum atomic E-state index is -0.0439. The van der Waals surface area contributed by atoms with E-state index in [1.807, 2.05) is 6.92 Å². The largest absolute Gasteiger partial charge is 0.347 e. The Bertz CT molecular complexity index is 239. The molecule has 1 fully saturated rings. The fraction of sp³-hybridized carbons (Fsp3) is 0.800. The van der Waals surface area contributed by atoms with E-state index < -0.39 is 0 Å². The third-order valence-electron chi connectivity index (χ3n) is 2.68. The quantitative estimate of drug-likeness (QED) is 0.628. The van der Waals surface area contributed by atoms with Gasteiger partial charge in [0.1, 0.15) is 0 Å². The fourth-order valence-electron chi connectivity index (χ4n) is 1.31. The molecule has 5 nitrogen and oxygen atoms in total. The summed E-state index contributed by atoms with van der Waals surface area (Å²) >= 11 is 0. The number of hydrogen-bond acceptors (Lipinski definition) is 3. The third-order valence-corrected chi connectivity index (χ3v) is 2.68. The van der Waals surface area contributed by atoms with Crippen LogP contribution in [0.4, 0.5) is 0 Å². The molecule has 86 valence electrons. The van der Waals surface area contributed by atoms with Crippen molar-refractivity contribution in [3.63, 3.8) is 0 Å². The molecule has 1 aliphatic heterocycles. The molecule has 15 heavy (non-hydrogen) atoms. The van der Waals surface area contributed by atoms with Crippen LogP contribution in [0.25, 0.3) is 0 Å². The summed E-state index contributed by atoms with van der Waals surface area (Å²) in [5.74, 6) is 0.376. The molecular weight excluding hydrogens is 194 g/mol. The molecule has 2 N–H and O–H groups in total. The van der Waals surface area contributed by atoms with Gasteiger partial charge in [-0.1, -0.05) is 0 Å². The van der Waals surface area contributed by atoms with Crippen molar-refractivity contribution in [2.24, 2.45) is 5.92 Å². The standard InChI is InChI=1S/C10H19N3O2/c1-3-13(2)10(15)7-12-9(14)4-8-5-11-6-8/h8,11H,3-7H2,1-2H3,(H,12,14). The minimum Gasteiger partial charge on any atom is -0.347 e. The van der Waals surface area contributed by atoms with Crippen molar-refractivity contribution in [2.45, 2.75) is 13.3 Å². The second-order valence-corrected chi connectivity index (χ2v) is 3.91. The van der Waals surface area contributed by atoms with Gasteiger partial charge in [-0.05, 0) is 25.9 Å². The lowest BCUT2D eigenvalue weighted by molar-refractivity contribution is -0.132. The fourth-order valence-corrected chi connectivity index (χ4v) is 1.31. The molecule has 1 saturated heterocycles. The SMILES string of the molecule is CCN(C)C(=O)CNC(=O)CC1CNC1. The van der Waals surface area contributed by atoms with Crippen molar-refractivity contribution in [2.75, 3.05) is 33.2 Å². The Morgan fingerprint density at radius 2 is 2.13 bits per heavy atom. The van der Waals surface area contributed by atoms with Gasteiger partial charge >= 0.3 is 0 Å². The van der Waals surface area contributed by atoms with E-state index in [-0.39, 0.29) is 18.4 Å². The van der Waals surface area contributed by atoms with Crippen LogP contribution in [0.5, 0.6) is 0 Å². The Kier molecular flexibility index (Phi) is 4.55. The maximum absolute atomic E-state index is 11.4. The van der Waals surface area contributed by atoms with Crippen molar-refractivity contribution in [1.29, 1.82) is 0 Å². The normalized spacial score (nSPS) is 15.6. The maximum Gasteiger partial charge on any atom is 0.241 e. The molecule has 0 radical (unpaired) electrons. The van der Waals surface area contributed by atoms with Crippen molar-refractivity contribution in [1.82, 2.24) is 15.5 Å². The average molecular weight is 213 g/mol. The highest BCUT2D eigenvalue weighted by molar-refractivity contribution is 5.84. The highest BCUT2D eigenvalue weighted by Crippen LogP contribution is 2.07. The number of amides is 2. The molecule has 0 aliphatic carbocycles. The summed E-state index contributed by atoms with van der Waals surface area (Å²) in [7, 11) is 1.73. The molecule has 1 aliphatic rings. The maximum atomic E-state index is 11.4. The lowest BCUT2D eigenvalue weighted by Crippen LogP contribution is -2.45. The van der Waals surface area contributed by atoms with Crippen molar-refractivity contribution in [3.8, 4) is 0 Å². The summed E-state index contributed by atoms with van der Waals surface area (Å²) in [6, 6.07) is 0. The summed E-state index contributed by atoms with van der Waals surface area (Å²) in [4.78, 5) is 24.3. The van der Waals surface area contributed by atoms with E-state index in [0.717, 1.165) is 13.1 Å². The van der Waals surface area contributed by atoms with Gasteiger partial charge < -0.3 is 15.5 Å². The number of nitrogens with zero attached hydrogens (tertiary/aromatic N) is 1. The molecule has 0 unspecified atom stereocenters. The Labute approximate surface area is 90.2 Å². The van der Waals surface area contributed by atoms with Gasteiger partial charge in [0.15, 0.2) is 0 Å². The summed E-state index contributed by atoms with van der Waals surface area (Å²) in [5, 5.41) is 5.74. The molecule has 1 rings (SSSR count). The van der Waals surface area contributed by atoms with Gasteiger partial charge in [-0.2, -0.15) is 0 Å². The first-order valence-electron chi connectivity index (χ1n) is 5.34. The van der Waals surface area contributed by atoms with Gasteiger partial charge in [-0.15, -0.1) is 0 Å². The Balaban J connectivity index is 2.12. The van der Waals surface area contributed by atoms with Crippen LogP contribution >= 0.6 is 0 Å². The van der Waals surface area contributed by atoms with Crippen LogP contribution in [-0.4, -0.2) is 49.9 Å². The second-order valence-electron chi connectivity index (χ2n) is 3.91. The van der Waals surface area contributed by atoms with E-state index in [4.69, 9.17) is 0 Å². The lowest BCUT2D eigenvalue weighted by Gasteiger charge is -2.26. The van der Waals surface area contributed by atoms with E-state index >= 15 is 0 Å². The van der Waals surface area contributed by atoms with Gasteiger partial charge in [0.25, 0.3) is 0 Å². The van der Waals surface area contributed by atoms with Crippen LogP contribution in [0, 0.1) is 5.92 Å².